The van der Waals surface area contributed by atoms with E-state index in [1.807, 2.05) is 36.9 Å². The number of carbonyl (C=O) groups excluding carboxylic acids is 1. The molecule has 3 heterocycles. The van der Waals surface area contributed by atoms with E-state index in [0.717, 1.165) is 54.1 Å². The van der Waals surface area contributed by atoms with E-state index in [-0.39, 0.29) is 18.1 Å². The minimum Gasteiger partial charge on any atom is -0.491 e. The van der Waals surface area contributed by atoms with Crippen molar-refractivity contribution >= 4 is 6.03 Å². The zero-order chi connectivity index (χ0) is 17.4. The smallest absolute Gasteiger partial charge is 0.318 e. The first-order valence-corrected chi connectivity index (χ1v) is 8.93. The number of ether oxygens (including phenoxy) is 1. The van der Waals surface area contributed by atoms with Crippen molar-refractivity contribution < 1.29 is 9.53 Å². The van der Waals surface area contributed by atoms with Crippen molar-refractivity contribution in [1.82, 2.24) is 20.4 Å². The van der Waals surface area contributed by atoms with Gasteiger partial charge in [0.05, 0.1) is 17.8 Å². The third-order valence-corrected chi connectivity index (χ3v) is 5.24. The second kappa shape index (κ2) is 6.43. The molecule has 2 aliphatic rings. The highest BCUT2D eigenvalue weighted by Gasteiger charge is 2.34. The van der Waals surface area contributed by atoms with Gasteiger partial charge >= 0.3 is 6.03 Å². The Morgan fingerprint density at radius 3 is 3.00 bits per heavy atom. The summed E-state index contributed by atoms with van der Waals surface area (Å²) in [7, 11) is 0. The number of H-pyrrole nitrogens is 1. The van der Waals surface area contributed by atoms with Crippen molar-refractivity contribution in [2.24, 2.45) is 0 Å². The molecule has 6 heteroatoms. The van der Waals surface area contributed by atoms with Crippen LogP contribution < -0.4 is 10.1 Å². The highest BCUT2D eigenvalue weighted by Crippen LogP contribution is 2.35. The molecule has 0 bridgehead atoms. The zero-order valence-corrected chi connectivity index (χ0v) is 14.7. The maximum atomic E-state index is 12.9. The molecular formula is C19H24N4O2. The SMILES string of the molecule is Cc1n[nH]c(C)c1[C@H]1CCCN1C(=O)N[C@H]1COc2ccccc2C1. The van der Waals surface area contributed by atoms with E-state index < -0.39 is 0 Å². The summed E-state index contributed by atoms with van der Waals surface area (Å²) >= 11 is 0. The van der Waals surface area contributed by atoms with Gasteiger partial charge in [-0.05, 0) is 44.7 Å². The van der Waals surface area contributed by atoms with Crippen LogP contribution in [0.2, 0.25) is 0 Å². The van der Waals surface area contributed by atoms with Crippen molar-refractivity contribution in [3.63, 3.8) is 0 Å². The summed E-state index contributed by atoms with van der Waals surface area (Å²) in [6, 6.07) is 8.13. The van der Waals surface area contributed by atoms with Crippen LogP contribution in [0.3, 0.4) is 0 Å². The highest BCUT2D eigenvalue weighted by atomic mass is 16.5. The molecule has 6 nitrogen and oxygen atoms in total. The topological polar surface area (TPSA) is 70.2 Å². The second-order valence-electron chi connectivity index (χ2n) is 6.97. The third kappa shape index (κ3) is 2.97. The molecule has 1 saturated heterocycles. The average molecular weight is 340 g/mol. The van der Waals surface area contributed by atoms with E-state index in [2.05, 4.69) is 21.6 Å². The largest absolute Gasteiger partial charge is 0.491 e. The number of carbonyl (C=O) groups is 1. The van der Waals surface area contributed by atoms with Crippen LogP contribution in [0.25, 0.3) is 0 Å². The van der Waals surface area contributed by atoms with Crippen LogP contribution in [0.15, 0.2) is 24.3 Å². The number of fused-ring (bicyclic) bond motifs is 1. The number of rotatable bonds is 2. The van der Waals surface area contributed by atoms with Crippen LogP contribution in [0.4, 0.5) is 4.79 Å². The fourth-order valence-corrected chi connectivity index (χ4v) is 4.04. The van der Waals surface area contributed by atoms with Crippen molar-refractivity contribution in [1.29, 1.82) is 0 Å². The monoisotopic (exact) mass is 340 g/mol. The van der Waals surface area contributed by atoms with E-state index in [0.29, 0.717) is 6.61 Å². The van der Waals surface area contributed by atoms with E-state index in [4.69, 9.17) is 4.74 Å². The van der Waals surface area contributed by atoms with Gasteiger partial charge in [0.2, 0.25) is 0 Å². The van der Waals surface area contributed by atoms with Gasteiger partial charge in [-0.3, -0.25) is 5.10 Å². The Kier molecular flexibility index (Phi) is 4.11. The first-order valence-electron chi connectivity index (χ1n) is 8.93. The van der Waals surface area contributed by atoms with Crippen LogP contribution >= 0.6 is 0 Å². The third-order valence-electron chi connectivity index (χ3n) is 5.24. The Balaban J connectivity index is 1.46. The summed E-state index contributed by atoms with van der Waals surface area (Å²) < 4.78 is 5.79. The molecule has 2 N–H and O–H groups in total. The summed E-state index contributed by atoms with van der Waals surface area (Å²) in [6.45, 7) is 5.32. The predicted octanol–water partition coefficient (Wildman–Crippen LogP) is 2.88. The van der Waals surface area contributed by atoms with Gasteiger partial charge in [0, 0.05) is 17.8 Å². The van der Waals surface area contributed by atoms with E-state index in [9.17, 15) is 4.79 Å². The number of aromatic nitrogens is 2. The Bertz CT molecular complexity index is 766. The standard InChI is InChI=1S/C19H24N4O2/c1-12-18(13(2)22-21-12)16-7-5-9-23(16)19(24)20-15-10-14-6-3-4-8-17(14)25-11-15/h3-4,6,8,15-16H,5,7,9-11H2,1-2H3,(H,20,24)(H,21,22)/t15-,16-/m1/s1. The summed E-state index contributed by atoms with van der Waals surface area (Å²) in [5.74, 6) is 0.927. The number of nitrogens with one attached hydrogen (secondary N) is 2. The van der Waals surface area contributed by atoms with Crippen molar-refractivity contribution in [2.45, 2.75) is 45.2 Å². The Labute approximate surface area is 147 Å². The van der Waals surface area contributed by atoms with Crippen molar-refractivity contribution in [3.05, 3.63) is 46.8 Å². The van der Waals surface area contributed by atoms with Gasteiger partial charge < -0.3 is 15.0 Å². The minimum atomic E-state index is -0.00418. The molecular weight excluding hydrogens is 316 g/mol. The molecule has 0 aliphatic carbocycles. The summed E-state index contributed by atoms with van der Waals surface area (Å²) in [5, 5.41) is 10.5. The molecule has 2 aliphatic heterocycles. The van der Waals surface area contributed by atoms with Crippen LogP contribution in [-0.4, -0.2) is 40.3 Å². The second-order valence-corrected chi connectivity index (χ2v) is 6.97. The first-order chi connectivity index (χ1) is 12.1. The number of hydrogen-bond donors (Lipinski definition) is 2. The molecule has 2 aromatic rings. The molecule has 25 heavy (non-hydrogen) atoms. The molecule has 1 aromatic carbocycles. The molecule has 0 unspecified atom stereocenters. The molecule has 0 saturated carbocycles. The number of urea groups is 1. The van der Waals surface area contributed by atoms with Gasteiger partial charge in [-0.2, -0.15) is 5.10 Å². The lowest BCUT2D eigenvalue weighted by atomic mass is 10.0. The Morgan fingerprint density at radius 1 is 1.36 bits per heavy atom. The number of amides is 2. The van der Waals surface area contributed by atoms with Crippen LogP contribution in [-0.2, 0) is 6.42 Å². The van der Waals surface area contributed by atoms with Crippen LogP contribution in [0.5, 0.6) is 5.75 Å². The lowest BCUT2D eigenvalue weighted by Gasteiger charge is -2.30. The fraction of sp³-hybridized carbons (Fsp3) is 0.474. The van der Waals surface area contributed by atoms with E-state index >= 15 is 0 Å². The fourth-order valence-electron chi connectivity index (χ4n) is 4.04. The quantitative estimate of drug-likeness (QED) is 0.883. The average Bonchev–Trinajstić information content (AvgIpc) is 3.21. The molecule has 2 amide bonds. The lowest BCUT2D eigenvalue weighted by molar-refractivity contribution is 0.176. The first kappa shape index (κ1) is 16.0. The molecule has 0 spiro atoms. The number of nitrogens with zero attached hydrogens (tertiary/aromatic N) is 2. The summed E-state index contributed by atoms with van der Waals surface area (Å²) in [6.07, 6.45) is 2.81. The molecule has 2 atom stereocenters. The number of aromatic amines is 1. The van der Waals surface area contributed by atoms with E-state index in [1.54, 1.807) is 0 Å². The molecule has 0 radical (unpaired) electrons. The van der Waals surface area contributed by atoms with Gasteiger partial charge in [0.1, 0.15) is 12.4 Å². The van der Waals surface area contributed by atoms with Gasteiger partial charge in [0.25, 0.3) is 0 Å². The van der Waals surface area contributed by atoms with Crippen LogP contribution in [0.1, 0.15) is 41.4 Å². The molecule has 1 aromatic heterocycles. The maximum Gasteiger partial charge on any atom is 0.318 e. The predicted molar refractivity (Wildman–Crippen MR) is 94.7 cm³/mol. The van der Waals surface area contributed by atoms with Crippen molar-refractivity contribution in [2.75, 3.05) is 13.2 Å². The Hall–Kier alpha value is -2.50. The number of aryl methyl sites for hydroxylation is 2. The summed E-state index contributed by atoms with van der Waals surface area (Å²) in [4.78, 5) is 14.8. The number of benzene rings is 1. The number of likely N-dealkylation sites (tertiary alicyclic amines) is 1. The van der Waals surface area contributed by atoms with Crippen molar-refractivity contribution in [3.8, 4) is 5.75 Å². The molecule has 132 valence electrons. The summed E-state index contributed by atoms with van der Waals surface area (Å²) in [5.41, 5.74) is 4.35. The highest BCUT2D eigenvalue weighted by molar-refractivity contribution is 5.75. The maximum absolute atomic E-state index is 12.9. The molecule has 4 rings (SSSR count). The Morgan fingerprint density at radius 2 is 2.20 bits per heavy atom. The minimum absolute atomic E-state index is 0.00418. The molecule has 1 fully saturated rings. The van der Waals surface area contributed by atoms with Crippen LogP contribution in [0, 0.1) is 13.8 Å². The zero-order valence-electron chi connectivity index (χ0n) is 14.7. The van der Waals surface area contributed by atoms with Gasteiger partial charge in [-0.1, -0.05) is 18.2 Å². The lowest BCUT2D eigenvalue weighted by Crippen LogP contribution is -2.48. The van der Waals surface area contributed by atoms with Gasteiger partial charge in [-0.15, -0.1) is 0 Å². The normalized spacial score (nSPS) is 22.4. The van der Waals surface area contributed by atoms with E-state index in [1.165, 1.54) is 0 Å². The van der Waals surface area contributed by atoms with Gasteiger partial charge in [0.15, 0.2) is 0 Å². The number of hydrogen-bond acceptors (Lipinski definition) is 3. The number of para-hydroxylation sites is 1. The van der Waals surface area contributed by atoms with Gasteiger partial charge in [-0.25, -0.2) is 4.79 Å².